The Morgan fingerprint density at radius 1 is 0.647 bits per heavy atom. The second kappa shape index (κ2) is 11.0. The number of hydrogen-bond acceptors (Lipinski definition) is 4. The number of hydrogen-bond donors (Lipinski definition) is 0. The van der Waals surface area contributed by atoms with Gasteiger partial charge in [-0.15, -0.1) is 11.5 Å². The molecule has 5 heteroatoms. The molecule has 0 atom stereocenters. The van der Waals surface area contributed by atoms with Gasteiger partial charge in [0.25, 0.3) is 0 Å². The molecular weight excluding hydrogens is 467 g/mol. The molecule has 4 nitrogen and oxygen atoms in total. The Balaban J connectivity index is 0.000000185. The molecule has 1 aromatic heterocycles. The standard InChI is InChI=1S/C15H16N2.C14H10O2.Ni/c1-11-7-6-8-12(2)15(11)17-13(3)14-9-4-5-10-16-14;15-13-11-7-3-1-5-9(11)10-6-2-4-8-12(10)14(13)16;/h4-10H,1-3H3;1-8,15-16H;/q;;+2/p-2. The zero-order valence-electron chi connectivity index (χ0n) is 19.2. The van der Waals surface area contributed by atoms with E-state index in [1.807, 2.05) is 49.4 Å². The quantitative estimate of drug-likeness (QED) is 0.173. The fourth-order valence-electron chi connectivity index (χ4n) is 3.86. The number of para-hydroxylation sites is 1. The van der Waals surface area contributed by atoms with Gasteiger partial charge >= 0.3 is 16.5 Å². The Hall–Kier alpha value is -3.69. The Morgan fingerprint density at radius 3 is 1.59 bits per heavy atom. The number of aliphatic imine (C=N–C) groups is 1. The fraction of sp³-hybridized carbons (Fsp3) is 0.103. The van der Waals surface area contributed by atoms with Gasteiger partial charge < -0.3 is 10.2 Å². The van der Waals surface area contributed by atoms with Crippen molar-refractivity contribution in [1.82, 2.24) is 4.98 Å². The molecule has 0 unspecified atom stereocenters. The Bertz CT molecular complexity index is 1380. The summed E-state index contributed by atoms with van der Waals surface area (Å²) in [5, 5.41) is 26.4. The van der Waals surface area contributed by atoms with Crippen LogP contribution in [0.1, 0.15) is 23.7 Å². The van der Waals surface area contributed by atoms with Gasteiger partial charge in [0.05, 0.1) is 17.1 Å². The van der Waals surface area contributed by atoms with E-state index in [0.717, 1.165) is 27.9 Å². The predicted octanol–water partition coefficient (Wildman–Crippen LogP) is 5.98. The van der Waals surface area contributed by atoms with Gasteiger partial charge in [-0.1, -0.05) is 72.8 Å². The molecule has 0 bridgehead atoms. The molecule has 172 valence electrons. The van der Waals surface area contributed by atoms with Gasteiger partial charge in [0.1, 0.15) is 0 Å². The van der Waals surface area contributed by atoms with E-state index in [0.29, 0.717) is 10.8 Å². The summed E-state index contributed by atoms with van der Waals surface area (Å²) in [6.07, 6.45) is 1.79. The number of aryl methyl sites for hydroxylation is 2. The molecule has 0 aliphatic heterocycles. The van der Waals surface area contributed by atoms with E-state index in [-0.39, 0.29) is 16.5 Å². The summed E-state index contributed by atoms with van der Waals surface area (Å²) in [5.41, 5.74) is 5.31. The summed E-state index contributed by atoms with van der Waals surface area (Å²) in [5.74, 6) is -0.816. The summed E-state index contributed by atoms with van der Waals surface area (Å²) in [6.45, 7) is 6.16. The van der Waals surface area contributed by atoms with Crippen molar-refractivity contribution in [2.24, 2.45) is 4.99 Å². The van der Waals surface area contributed by atoms with Crippen molar-refractivity contribution in [3.05, 3.63) is 108 Å². The normalized spacial score (nSPS) is 11.0. The second-order valence-electron chi connectivity index (χ2n) is 7.90. The summed E-state index contributed by atoms with van der Waals surface area (Å²) >= 11 is 0. The number of fused-ring (bicyclic) bond motifs is 3. The van der Waals surface area contributed by atoms with Gasteiger partial charge in [-0.3, -0.25) is 9.98 Å². The molecule has 0 saturated heterocycles. The minimum atomic E-state index is -0.408. The van der Waals surface area contributed by atoms with Crippen molar-refractivity contribution in [3.8, 4) is 11.5 Å². The van der Waals surface area contributed by atoms with Crippen LogP contribution in [-0.2, 0) is 16.5 Å². The maximum atomic E-state index is 11.8. The van der Waals surface area contributed by atoms with Gasteiger partial charge in [0.2, 0.25) is 0 Å². The minimum absolute atomic E-state index is 0. The van der Waals surface area contributed by atoms with Gasteiger partial charge in [0.15, 0.2) is 0 Å². The molecule has 0 N–H and O–H groups in total. The fourth-order valence-corrected chi connectivity index (χ4v) is 3.86. The van der Waals surface area contributed by atoms with Crippen molar-refractivity contribution in [1.29, 1.82) is 0 Å². The molecule has 0 saturated carbocycles. The van der Waals surface area contributed by atoms with Crippen LogP contribution < -0.4 is 10.2 Å². The summed E-state index contributed by atoms with van der Waals surface area (Å²) < 4.78 is 0. The van der Waals surface area contributed by atoms with Crippen LogP contribution in [0.15, 0.2) is 96.1 Å². The number of nitrogens with zero attached hydrogens (tertiary/aromatic N) is 2. The zero-order chi connectivity index (χ0) is 23.4. The van der Waals surface area contributed by atoms with E-state index in [2.05, 4.69) is 42.0 Å². The smallest absolute Gasteiger partial charge is 0.872 e. The first-order valence-electron chi connectivity index (χ1n) is 10.8. The van der Waals surface area contributed by atoms with E-state index in [1.165, 1.54) is 11.1 Å². The maximum absolute atomic E-state index is 11.8. The van der Waals surface area contributed by atoms with Gasteiger partial charge in [0, 0.05) is 6.20 Å². The summed E-state index contributed by atoms with van der Waals surface area (Å²) in [4.78, 5) is 8.99. The molecule has 0 amide bonds. The van der Waals surface area contributed by atoms with Crippen LogP contribution >= 0.6 is 0 Å². The average molecular weight is 491 g/mol. The van der Waals surface area contributed by atoms with Crippen LogP contribution in [0, 0.1) is 13.8 Å². The topological polar surface area (TPSA) is 71.4 Å². The Labute approximate surface area is 209 Å². The minimum Gasteiger partial charge on any atom is -0.872 e. The van der Waals surface area contributed by atoms with Gasteiger partial charge in [-0.2, -0.15) is 0 Å². The third-order valence-corrected chi connectivity index (χ3v) is 5.59. The van der Waals surface area contributed by atoms with E-state index < -0.39 is 11.5 Å². The van der Waals surface area contributed by atoms with Crippen LogP contribution in [0.3, 0.4) is 0 Å². The van der Waals surface area contributed by atoms with Crippen LogP contribution in [0.5, 0.6) is 11.5 Å². The third kappa shape index (κ3) is 5.11. The molecule has 0 spiro atoms. The van der Waals surface area contributed by atoms with E-state index in [4.69, 9.17) is 0 Å². The monoisotopic (exact) mass is 490 g/mol. The van der Waals surface area contributed by atoms with Crippen LogP contribution in [0.25, 0.3) is 21.5 Å². The number of rotatable bonds is 2. The number of aromatic nitrogens is 1. The molecule has 5 rings (SSSR count). The molecule has 34 heavy (non-hydrogen) atoms. The van der Waals surface area contributed by atoms with Crippen molar-refractivity contribution in [3.63, 3.8) is 0 Å². The Morgan fingerprint density at radius 2 is 1.12 bits per heavy atom. The van der Waals surface area contributed by atoms with Crippen molar-refractivity contribution >= 4 is 32.9 Å². The van der Waals surface area contributed by atoms with E-state index >= 15 is 0 Å². The SMILES string of the molecule is CC(=Nc1c(C)cccc1C)c1ccccn1.[Ni+2].[O-]c1c([O-])c2ccccc2c2ccccc12. The predicted molar refractivity (Wildman–Crippen MR) is 132 cm³/mol. The van der Waals surface area contributed by atoms with Crippen molar-refractivity contribution in [2.45, 2.75) is 20.8 Å². The van der Waals surface area contributed by atoms with Crippen LogP contribution in [0.4, 0.5) is 5.69 Å². The summed E-state index contributed by atoms with van der Waals surface area (Å²) in [6, 6.07) is 26.5. The molecular formula is C29H24N2NiO2. The van der Waals surface area contributed by atoms with Gasteiger partial charge in [-0.25, -0.2) is 0 Å². The zero-order valence-corrected chi connectivity index (χ0v) is 20.2. The number of benzene rings is 4. The first-order chi connectivity index (χ1) is 16.0. The Kier molecular flexibility index (Phi) is 8.04. The largest absolute Gasteiger partial charge is 2.00 e. The first-order valence-corrected chi connectivity index (χ1v) is 10.8. The van der Waals surface area contributed by atoms with Crippen molar-refractivity contribution < 1.29 is 26.7 Å². The van der Waals surface area contributed by atoms with E-state index in [9.17, 15) is 10.2 Å². The molecule has 4 aromatic carbocycles. The van der Waals surface area contributed by atoms with Crippen molar-refractivity contribution in [2.75, 3.05) is 0 Å². The molecule has 1 heterocycles. The molecule has 0 aliphatic rings. The third-order valence-electron chi connectivity index (χ3n) is 5.59. The maximum Gasteiger partial charge on any atom is 2.00 e. The summed E-state index contributed by atoms with van der Waals surface area (Å²) in [7, 11) is 0. The molecule has 0 radical (unpaired) electrons. The first kappa shape index (κ1) is 24.9. The van der Waals surface area contributed by atoms with Gasteiger partial charge in [-0.05, 0) is 65.6 Å². The van der Waals surface area contributed by atoms with E-state index in [1.54, 1.807) is 30.5 Å². The van der Waals surface area contributed by atoms with Crippen LogP contribution in [0.2, 0.25) is 0 Å². The molecule has 0 aliphatic carbocycles. The van der Waals surface area contributed by atoms with Crippen LogP contribution in [-0.4, -0.2) is 10.7 Å². The molecule has 5 aromatic rings. The average Bonchev–Trinajstić information content (AvgIpc) is 2.86. The second-order valence-corrected chi connectivity index (χ2v) is 7.90. The molecule has 0 fully saturated rings. The number of pyridine rings is 1.